The molecule has 3 heteroatoms. The molecule has 0 bridgehead atoms. The highest BCUT2D eigenvalue weighted by molar-refractivity contribution is 5.70. The molecule has 1 aliphatic carbocycles. The zero-order valence-corrected chi connectivity index (χ0v) is 15.3. The van der Waals surface area contributed by atoms with Crippen LogP contribution < -0.4 is 5.32 Å². The second-order valence-electron chi connectivity index (χ2n) is 7.46. The summed E-state index contributed by atoms with van der Waals surface area (Å²) < 4.78 is 0. The topological polar surface area (TPSA) is 49.3 Å². The lowest BCUT2D eigenvalue weighted by atomic mass is 9.85. The van der Waals surface area contributed by atoms with E-state index in [0.717, 1.165) is 44.9 Å². The predicted molar refractivity (Wildman–Crippen MR) is 105 cm³/mol. The van der Waals surface area contributed by atoms with E-state index in [0.29, 0.717) is 12.1 Å². The zero-order chi connectivity index (χ0) is 18.2. The number of aryl methyl sites for hydroxylation is 1. The SMILES string of the molecule is O=C(O)C1CCC(NC(CCc2ccccc2)Cc2ccccc2)CC1. The van der Waals surface area contributed by atoms with E-state index in [2.05, 4.69) is 66.0 Å². The highest BCUT2D eigenvalue weighted by Crippen LogP contribution is 2.25. The third-order valence-electron chi connectivity index (χ3n) is 5.50. The molecule has 0 radical (unpaired) electrons. The third kappa shape index (κ3) is 5.70. The molecule has 1 fully saturated rings. The Hall–Kier alpha value is -2.13. The molecule has 2 N–H and O–H groups in total. The van der Waals surface area contributed by atoms with Gasteiger partial charge in [0.15, 0.2) is 0 Å². The van der Waals surface area contributed by atoms with Gasteiger partial charge in [-0.1, -0.05) is 60.7 Å². The van der Waals surface area contributed by atoms with Crippen molar-refractivity contribution >= 4 is 5.97 Å². The monoisotopic (exact) mass is 351 g/mol. The van der Waals surface area contributed by atoms with E-state index in [1.165, 1.54) is 11.1 Å². The van der Waals surface area contributed by atoms with Crippen molar-refractivity contribution < 1.29 is 9.90 Å². The summed E-state index contributed by atoms with van der Waals surface area (Å²) in [6, 6.07) is 22.1. The molecule has 2 aromatic rings. The quantitative estimate of drug-likeness (QED) is 0.738. The van der Waals surface area contributed by atoms with Crippen LogP contribution in [0.15, 0.2) is 60.7 Å². The normalized spacial score (nSPS) is 21.2. The number of carbonyl (C=O) groups is 1. The van der Waals surface area contributed by atoms with Crippen molar-refractivity contribution in [2.24, 2.45) is 5.92 Å². The van der Waals surface area contributed by atoms with Gasteiger partial charge >= 0.3 is 5.97 Å². The Kier molecular flexibility index (Phi) is 6.84. The van der Waals surface area contributed by atoms with Gasteiger partial charge in [0.25, 0.3) is 0 Å². The maximum Gasteiger partial charge on any atom is 0.306 e. The molecule has 0 saturated heterocycles. The predicted octanol–water partition coefficient (Wildman–Crippen LogP) is 4.46. The first-order chi connectivity index (χ1) is 12.7. The van der Waals surface area contributed by atoms with Gasteiger partial charge in [0.05, 0.1) is 5.92 Å². The van der Waals surface area contributed by atoms with Gasteiger partial charge in [0.1, 0.15) is 0 Å². The van der Waals surface area contributed by atoms with Crippen molar-refractivity contribution in [1.29, 1.82) is 0 Å². The van der Waals surface area contributed by atoms with Crippen LogP contribution in [-0.2, 0) is 17.6 Å². The molecule has 3 rings (SSSR count). The van der Waals surface area contributed by atoms with Gasteiger partial charge in [-0.25, -0.2) is 0 Å². The van der Waals surface area contributed by atoms with E-state index in [4.69, 9.17) is 0 Å². The van der Waals surface area contributed by atoms with Crippen LogP contribution in [0.5, 0.6) is 0 Å². The fraction of sp³-hybridized carbons (Fsp3) is 0.435. The molecule has 1 unspecified atom stereocenters. The lowest BCUT2D eigenvalue weighted by Gasteiger charge is -2.31. The van der Waals surface area contributed by atoms with Gasteiger partial charge in [0, 0.05) is 12.1 Å². The van der Waals surface area contributed by atoms with Crippen LogP contribution in [0.3, 0.4) is 0 Å². The minimum Gasteiger partial charge on any atom is -0.481 e. The molecule has 26 heavy (non-hydrogen) atoms. The van der Waals surface area contributed by atoms with E-state index in [-0.39, 0.29) is 5.92 Å². The van der Waals surface area contributed by atoms with Crippen molar-refractivity contribution in [1.82, 2.24) is 5.32 Å². The van der Waals surface area contributed by atoms with Gasteiger partial charge < -0.3 is 10.4 Å². The summed E-state index contributed by atoms with van der Waals surface area (Å²) in [6.07, 6.45) is 6.70. The number of carboxylic acid groups (broad SMARTS) is 1. The van der Waals surface area contributed by atoms with Crippen LogP contribution in [-0.4, -0.2) is 23.2 Å². The molecule has 138 valence electrons. The average Bonchev–Trinajstić information content (AvgIpc) is 2.68. The van der Waals surface area contributed by atoms with E-state index in [9.17, 15) is 9.90 Å². The Morgan fingerprint density at radius 1 is 0.923 bits per heavy atom. The van der Waals surface area contributed by atoms with E-state index >= 15 is 0 Å². The van der Waals surface area contributed by atoms with Crippen LogP contribution >= 0.6 is 0 Å². The van der Waals surface area contributed by atoms with Crippen LogP contribution in [0.2, 0.25) is 0 Å². The van der Waals surface area contributed by atoms with Crippen LogP contribution in [0.25, 0.3) is 0 Å². The Morgan fingerprint density at radius 2 is 1.50 bits per heavy atom. The number of hydrogen-bond acceptors (Lipinski definition) is 2. The lowest BCUT2D eigenvalue weighted by Crippen LogP contribution is -2.42. The van der Waals surface area contributed by atoms with E-state index in [1.807, 2.05) is 0 Å². The van der Waals surface area contributed by atoms with Crippen molar-refractivity contribution in [2.75, 3.05) is 0 Å². The van der Waals surface area contributed by atoms with Crippen LogP contribution in [0.1, 0.15) is 43.2 Å². The van der Waals surface area contributed by atoms with Crippen LogP contribution in [0, 0.1) is 5.92 Å². The molecule has 0 aromatic heterocycles. The van der Waals surface area contributed by atoms with Gasteiger partial charge in [-0.05, 0) is 56.1 Å². The van der Waals surface area contributed by atoms with Crippen molar-refractivity contribution in [3.8, 4) is 0 Å². The maximum absolute atomic E-state index is 11.2. The van der Waals surface area contributed by atoms with Gasteiger partial charge in [0.2, 0.25) is 0 Å². The molecule has 1 atom stereocenters. The summed E-state index contributed by atoms with van der Waals surface area (Å²) in [4.78, 5) is 11.2. The molecular formula is C23H29NO2. The number of carboxylic acids is 1. The molecule has 3 nitrogen and oxygen atoms in total. The molecule has 1 aliphatic rings. The Balaban J connectivity index is 1.58. The summed E-state index contributed by atoms with van der Waals surface area (Å²) in [5.74, 6) is -0.779. The molecular weight excluding hydrogens is 322 g/mol. The maximum atomic E-state index is 11.2. The number of nitrogens with one attached hydrogen (secondary N) is 1. The lowest BCUT2D eigenvalue weighted by molar-refractivity contribution is -0.142. The van der Waals surface area contributed by atoms with Crippen molar-refractivity contribution in [3.05, 3.63) is 71.8 Å². The second-order valence-corrected chi connectivity index (χ2v) is 7.46. The summed E-state index contributed by atoms with van der Waals surface area (Å²) in [5.41, 5.74) is 2.74. The van der Waals surface area contributed by atoms with E-state index in [1.54, 1.807) is 0 Å². The van der Waals surface area contributed by atoms with Crippen molar-refractivity contribution in [2.45, 2.75) is 57.0 Å². The smallest absolute Gasteiger partial charge is 0.306 e. The minimum absolute atomic E-state index is 0.148. The first-order valence-corrected chi connectivity index (χ1v) is 9.77. The summed E-state index contributed by atoms with van der Waals surface area (Å²) >= 11 is 0. The summed E-state index contributed by atoms with van der Waals surface area (Å²) in [5, 5.41) is 13.0. The second kappa shape index (κ2) is 9.54. The molecule has 1 saturated carbocycles. The number of benzene rings is 2. The number of aliphatic carboxylic acids is 1. The largest absolute Gasteiger partial charge is 0.481 e. The summed E-state index contributed by atoms with van der Waals surface area (Å²) in [7, 11) is 0. The minimum atomic E-state index is -0.631. The average molecular weight is 351 g/mol. The molecule has 2 aromatic carbocycles. The summed E-state index contributed by atoms with van der Waals surface area (Å²) in [6.45, 7) is 0. The van der Waals surface area contributed by atoms with Gasteiger partial charge in [-0.2, -0.15) is 0 Å². The zero-order valence-electron chi connectivity index (χ0n) is 15.3. The number of hydrogen-bond donors (Lipinski definition) is 2. The molecule has 0 heterocycles. The first kappa shape index (κ1) is 18.7. The molecule has 0 amide bonds. The Morgan fingerprint density at radius 3 is 2.08 bits per heavy atom. The molecule has 0 spiro atoms. The standard InChI is InChI=1S/C23H29NO2/c25-23(26)20-12-15-21(16-13-20)24-22(17-19-9-5-2-6-10-19)14-11-18-7-3-1-4-8-18/h1-10,20-22,24H,11-17H2,(H,25,26). The highest BCUT2D eigenvalue weighted by Gasteiger charge is 2.27. The van der Waals surface area contributed by atoms with Crippen molar-refractivity contribution in [3.63, 3.8) is 0 Å². The van der Waals surface area contributed by atoms with E-state index < -0.39 is 5.97 Å². The fourth-order valence-corrected chi connectivity index (χ4v) is 3.97. The Bertz CT molecular complexity index is 663. The molecule has 0 aliphatic heterocycles. The Labute approximate surface area is 156 Å². The fourth-order valence-electron chi connectivity index (χ4n) is 3.97. The number of rotatable bonds is 8. The van der Waals surface area contributed by atoms with Crippen LogP contribution in [0.4, 0.5) is 0 Å². The highest BCUT2D eigenvalue weighted by atomic mass is 16.4. The van der Waals surface area contributed by atoms with Gasteiger partial charge in [-0.15, -0.1) is 0 Å². The third-order valence-corrected chi connectivity index (χ3v) is 5.50. The van der Waals surface area contributed by atoms with Gasteiger partial charge in [-0.3, -0.25) is 4.79 Å². The first-order valence-electron chi connectivity index (χ1n) is 9.77.